The Hall–Kier alpha value is -0.0500. The lowest BCUT2D eigenvalue weighted by atomic mass is 10.1. The molecule has 0 aliphatic rings. The van der Waals surface area contributed by atoms with E-state index in [4.69, 9.17) is 5.73 Å². The summed E-state index contributed by atoms with van der Waals surface area (Å²) in [6, 6.07) is 0. The van der Waals surface area contributed by atoms with Crippen molar-refractivity contribution in [2.24, 2.45) is 10.7 Å². The molecule has 0 spiro atoms. The van der Waals surface area contributed by atoms with E-state index >= 15 is 0 Å². The zero-order valence-corrected chi connectivity index (χ0v) is 15.9. The normalized spacial score (nSPS) is 12.0. The first kappa shape index (κ1) is 22.2. The molecule has 0 saturated heterocycles. The molecule has 0 bridgehead atoms. The molecular weight excluding hydrogens is 389 g/mol. The summed E-state index contributed by atoms with van der Waals surface area (Å²) in [7, 11) is -2.88. The second-order valence-electron chi connectivity index (χ2n) is 4.94. The first-order chi connectivity index (χ1) is 8.95. The lowest BCUT2D eigenvalue weighted by Crippen LogP contribution is -2.32. The molecule has 0 aromatic carbocycles. The van der Waals surface area contributed by atoms with Crippen molar-refractivity contribution in [3.63, 3.8) is 0 Å². The smallest absolute Gasteiger partial charge is 0.188 e. The number of nitrogens with one attached hydrogen (secondary N) is 1. The van der Waals surface area contributed by atoms with Crippen molar-refractivity contribution in [3.05, 3.63) is 0 Å². The van der Waals surface area contributed by atoms with Crippen molar-refractivity contribution in [1.29, 1.82) is 0 Å². The average Bonchev–Trinajstić information content (AvgIpc) is 2.32. The lowest BCUT2D eigenvalue weighted by Gasteiger charge is -2.05. The molecule has 3 N–H and O–H groups in total. The number of rotatable bonds is 11. The van der Waals surface area contributed by atoms with Crippen LogP contribution in [0.3, 0.4) is 0 Å². The maximum Gasteiger partial charge on any atom is 0.188 e. The van der Waals surface area contributed by atoms with Crippen LogP contribution in [0.15, 0.2) is 4.99 Å². The Labute approximate surface area is 141 Å². The summed E-state index contributed by atoms with van der Waals surface area (Å²) in [5.74, 6) is 0.586. The quantitative estimate of drug-likeness (QED) is 0.233. The molecule has 7 heteroatoms. The Morgan fingerprint density at radius 1 is 1.10 bits per heavy atom. The third-order valence-electron chi connectivity index (χ3n) is 2.79. The molecular formula is C13H30IN3O2S. The number of hydrogen-bond donors (Lipinski definition) is 2. The Morgan fingerprint density at radius 3 is 2.30 bits per heavy atom. The van der Waals surface area contributed by atoms with Gasteiger partial charge in [-0.15, -0.1) is 24.0 Å². The van der Waals surface area contributed by atoms with Gasteiger partial charge in [0.15, 0.2) is 5.96 Å². The van der Waals surface area contributed by atoms with Crippen LogP contribution in [0.25, 0.3) is 0 Å². The van der Waals surface area contributed by atoms with E-state index in [9.17, 15) is 8.42 Å². The van der Waals surface area contributed by atoms with Gasteiger partial charge in [-0.05, 0) is 12.8 Å². The molecule has 0 amide bonds. The van der Waals surface area contributed by atoms with E-state index in [0.29, 0.717) is 18.9 Å². The van der Waals surface area contributed by atoms with Gasteiger partial charge >= 0.3 is 0 Å². The number of nitrogens with zero attached hydrogens (tertiary/aromatic N) is 1. The van der Waals surface area contributed by atoms with E-state index < -0.39 is 9.84 Å². The molecule has 20 heavy (non-hydrogen) atoms. The molecule has 0 aliphatic heterocycles. The molecule has 122 valence electrons. The maximum atomic E-state index is 10.9. The molecule has 0 heterocycles. The minimum absolute atomic E-state index is 0. The number of nitrogens with two attached hydrogens (primary N) is 1. The molecule has 0 rings (SSSR count). The standard InChI is InChI=1S/C13H29N3O2S.HI/c1-3-4-5-6-7-8-10-15-13(14)16-11-9-12-19(2,17)18;/h3-12H2,1-2H3,(H3,14,15,16);1H. The van der Waals surface area contributed by atoms with E-state index in [2.05, 4.69) is 17.2 Å². The van der Waals surface area contributed by atoms with Crippen LogP contribution in [0, 0.1) is 0 Å². The van der Waals surface area contributed by atoms with Crippen molar-refractivity contribution >= 4 is 39.8 Å². The van der Waals surface area contributed by atoms with E-state index in [1.54, 1.807) is 0 Å². The fourth-order valence-electron chi connectivity index (χ4n) is 1.70. The van der Waals surface area contributed by atoms with Crippen molar-refractivity contribution < 1.29 is 8.42 Å². The zero-order valence-electron chi connectivity index (χ0n) is 12.7. The van der Waals surface area contributed by atoms with Gasteiger partial charge in [0.1, 0.15) is 9.84 Å². The second kappa shape index (κ2) is 13.9. The van der Waals surface area contributed by atoms with Crippen LogP contribution in [0.2, 0.25) is 0 Å². The van der Waals surface area contributed by atoms with Gasteiger partial charge in [0, 0.05) is 19.3 Å². The Balaban J connectivity index is 0. The third kappa shape index (κ3) is 17.9. The second-order valence-corrected chi connectivity index (χ2v) is 7.20. The SMILES string of the molecule is CCCCCCCCNC(N)=NCCCS(C)(=O)=O.I. The minimum Gasteiger partial charge on any atom is -0.370 e. The van der Waals surface area contributed by atoms with Crippen LogP contribution in [0.1, 0.15) is 51.9 Å². The van der Waals surface area contributed by atoms with Gasteiger partial charge in [0.05, 0.1) is 5.75 Å². The zero-order chi connectivity index (χ0) is 14.6. The molecule has 0 saturated carbocycles. The van der Waals surface area contributed by atoms with Crippen molar-refractivity contribution in [1.82, 2.24) is 5.32 Å². The van der Waals surface area contributed by atoms with E-state index in [1.807, 2.05) is 0 Å². The van der Waals surface area contributed by atoms with Crippen molar-refractivity contribution in [3.8, 4) is 0 Å². The van der Waals surface area contributed by atoms with Gasteiger partial charge < -0.3 is 11.1 Å². The van der Waals surface area contributed by atoms with Gasteiger partial charge in [0.25, 0.3) is 0 Å². The Kier molecular flexibility index (Phi) is 15.5. The predicted octanol–water partition coefficient (Wildman–Crippen LogP) is 2.30. The third-order valence-corrected chi connectivity index (χ3v) is 3.82. The maximum absolute atomic E-state index is 10.9. The van der Waals surface area contributed by atoms with Gasteiger partial charge in [-0.25, -0.2) is 8.42 Å². The number of unbranched alkanes of at least 4 members (excludes halogenated alkanes) is 5. The average molecular weight is 419 g/mol. The first-order valence-electron chi connectivity index (χ1n) is 7.17. The molecule has 0 aromatic rings. The fraction of sp³-hybridized carbons (Fsp3) is 0.923. The first-order valence-corrected chi connectivity index (χ1v) is 9.23. The number of guanidine groups is 1. The van der Waals surface area contributed by atoms with Gasteiger partial charge in [-0.2, -0.15) is 0 Å². The molecule has 5 nitrogen and oxygen atoms in total. The minimum atomic E-state index is -2.88. The van der Waals surface area contributed by atoms with Gasteiger partial charge in [-0.1, -0.05) is 39.0 Å². The van der Waals surface area contributed by atoms with Crippen LogP contribution in [-0.4, -0.2) is 39.5 Å². The topological polar surface area (TPSA) is 84.5 Å². The van der Waals surface area contributed by atoms with E-state index in [1.165, 1.54) is 38.4 Å². The highest BCUT2D eigenvalue weighted by Crippen LogP contribution is 2.03. The summed E-state index contributed by atoms with van der Waals surface area (Å²) in [6.45, 7) is 3.51. The molecule has 0 atom stereocenters. The van der Waals surface area contributed by atoms with Crippen LogP contribution < -0.4 is 11.1 Å². The number of aliphatic imine (C=N–C) groups is 1. The molecule has 0 fully saturated rings. The van der Waals surface area contributed by atoms with Gasteiger partial charge in [-0.3, -0.25) is 4.99 Å². The predicted molar refractivity (Wildman–Crippen MR) is 97.6 cm³/mol. The highest BCUT2D eigenvalue weighted by molar-refractivity contribution is 14.0. The number of hydrogen-bond acceptors (Lipinski definition) is 3. The molecule has 0 aromatic heterocycles. The highest BCUT2D eigenvalue weighted by Gasteiger charge is 2.00. The summed E-state index contributed by atoms with van der Waals surface area (Å²) < 4.78 is 21.8. The largest absolute Gasteiger partial charge is 0.370 e. The van der Waals surface area contributed by atoms with Crippen molar-refractivity contribution in [2.75, 3.05) is 25.1 Å². The van der Waals surface area contributed by atoms with Crippen LogP contribution >= 0.6 is 24.0 Å². The lowest BCUT2D eigenvalue weighted by molar-refractivity contribution is 0.598. The van der Waals surface area contributed by atoms with Crippen LogP contribution in [0.4, 0.5) is 0 Å². The van der Waals surface area contributed by atoms with E-state index in [-0.39, 0.29) is 29.7 Å². The number of halogens is 1. The van der Waals surface area contributed by atoms with Crippen molar-refractivity contribution in [2.45, 2.75) is 51.9 Å². The molecule has 0 unspecified atom stereocenters. The monoisotopic (exact) mass is 419 g/mol. The van der Waals surface area contributed by atoms with E-state index in [0.717, 1.165) is 13.0 Å². The van der Waals surface area contributed by atoms with Crippen LogP contribution in [0.5, 0.6) is 0 Å². The summed E-state index contributed by atoms with van der Waals surface area (Å²) in [6.07, 6.45) is 9.25. The van der Waals surface area contributed by atoms with Crippen LogP contribution in [-0.2, 0) is 9.84 Å². The Morgan fingerprint density at radius 2 is 1.70 bits per heavy atom. The van der Waals surface area contributed by atoms with Gasteiger partial charge in [0.2, 0.25) is 0 Å². The Bertz CT molecular complexity index is 346. The molecule has 0 aliphatic carbocycles. The summed E-state index contributed by atoms with van der Waals surface area (Å²) in [5, 5.41) is 3.05. The highest BCUT2D eigenvalue weighted by atomic mass is 127. The summed E-state index contributed by atoms with van der Waals surface area (Å²) >= 11 is 0. The molecule has 0 radical (unpaired) electrons. The fourth-order valence-corrected chi connectivity index (χ4v) is 2.36. The summed E-state index contributed by atoms with van der Waals surface area (Å²) in [5.41, 5.74) is 5.68. The summed E-state index contributed by atoms with van der Waals surface area (Å²) in [4.78, 5) is 4.09. The number of sulfone groups is 1.